The number of rotatable bonds is 14. The Morgan fingerprint density at radius 2 is 1.23 bits per heavy atom. The average Bonchev–Trinajstić information content (AvgIpc) is 2.94. The fourth-order valence-corrected chi connectivity index (χ4v) is 4.47. The van der Waals surface area contributed by atoms with Crippen LogP contribution in [-0.2, 0) is 16.8 Å². The summed E-state index contributed by atoms with van der Waals surface area (Å²) in [6.45, 7) is -1.64. The Morgan fingerprint density at radius 3 is 1.70 bits per heavy atom. The van der Waals surface area contributed by atoms with Gasteiger partial charge >= 0.3 is 30.9 Å². The Kier molecular flexibility index (Phi) is 11.8. The zero-order chi connectivity index (χ0) is 34.9. The number of ether oxygens (including phenoxy) is 3. The highest BCUT2D eigenvalue weighted by molar-refractivity contribution is 5.76. The molecule has 8 nitrogen and oxygen atoms in total. The summed E-state index contributed by atoms with van der Waals surface area (Å²) in [6, 6.07) is 12.5. The lowest BCUT2D eigenvalue weighted by Gasteiger charge is -2.37. The second-order valence-corrected chi connectivity index (χ2v) is 10.00. The van der Waals surface area contributed by atoms with Gasteiger partial charge in [0.1, 0.15) is 23.8 Å². The highest BCUT2D eigenvalue weighted by Gasteiger charge is 2.40. The first-order valence-electron chi connectivity index (χ1n) is 13.6. The fraction of sp³-hybridized carbons (Fsp3) is 0.333. The Morgan fingerprint density at radius 1 is 0.702 bits per heavy atom. The van der Waals surface area contributed by atoms with Crippen LogP contribution in [0.5, 0.6) is 17.2 Å². The number of aliphatic carboxylic acids is 1. The van der Waals surface area contributed by atoms with Crippen LogP contribution in [-0.4, -0.2) is 49.2 Å². The Hall–Kier alpha value is -4.83. The van der Waals surface area contributed by atoms with Crippen LogP contribution >= 0.6 is 0 Å². The van der Waals surface area contributed by atoms with Gasteiger partial charge in [0.2, 0.25) is 0 Å². The number of carboxylic acid groups (broad SMARTS) is 1. The van der Waals surface area contributed by atoms with Gasteiger partial charge in [-0.2, -0.15) is 13.2 Å². The van der Waals surface area contributed by atoms with E-state index in [1.165, 1.54) is 36.4 Å². The highest BCUT2D eigenvalue weighted by atomic mass is 19.4. The average molecular weight is 683 g/mol. The number of nitrogens with one attached hydrogen (secondary N) is 2. The third-order valence-corrected chi connectivity index (χ3v) is 6.34. The smallest absolute Gasteiger partial charge is 0.494 e. The van der Waals surface area contributed by atoms with Crippen LogP contribution in [0.2, 0.25) is 0 Å². The van der Waals surface area contributed by atoms with E-state index in [1.54, 1.807) is 5.32 Å². The van der Waals surface area contributed by atoms with E-state index in [2.05, 4.69) is 14.8 Å². The van der Waals surface area contributed by atoms with Gasteiger partial charge in [-0.05, 0) is 65.9 Å². The van der Waals surface area contributed by atoms with Gasteiger partial charge < -0.3 is 30.0 Å². The molecule has 0 saturated heterocycles. The molecule has 17 heteroatoms. The molecule has 0 aromatic heterocycles. The van der Waals surface area contributed by atoms with E-state index in [0.717, 1.165) is 36.4 Å². The molecule has 0 spiro atoms. The number of hydrogen-bond acceptors (Lipinski definition) is 5. The van der Waals surface area contributed by atoms with E-state index in [9.17, 15) is 49.1 Å². The topological polar surface area (TPSA) is 106 Å². The minimum atomic E-state index is -5.16. The Labute approximate surface area is 261 Å². The van der Waals surface area contributed by atoms with E-state index in [-0.39, 0.29) is 24.2 Å². The lowest BCUT2D eigenvalue weighted by atomic mass is 9.77. The lowest BCUT2D eigenvalue weighted by molar-refractivity contribution is -0.275. The molecule has 47 heavy (non-hydrogen) atoms. The second-order valence-electron chi connectivity index (χ2n) is 10.00. The number of halogens is 9. The van der Waals surface area contributed by atoms with Crippen molar-refractivity contribution < 1.29 is 68.4 Å². The van der Waals surface area contributed by atoms with Crippen LogP contribution in [0.25, 0.3) is 0 Å². The summed E-state index contributed by atoms with van der Waals surface area (Å²) in [6.07, 6.45) is -14.9. The first-order valence-corrected chi connectivity index (χ1v) is 13.6. The van der Waals surface area contributed by atoms with E-state index in [4.69, 9.17) is 9.84 Å². The minimum absolute atomic E-state index is 0.0572. The first kappa shape index (κ1) is 36.6. The van der Waals surface area contributed by atoms with E-state index < -0.39 is 60.9 Å². The third kappa shape index (κ3) is 12.5. The van der Waals surface area contributed by atoms with E-state index in [1.807, 2.05) is 0 Å². The normalized spacial score (nSPS) is 12.3. The lowest BCUT2D eigenvalue weighted by Crippen LogP contribution is -2.53. The molecule has 0 bridgehead atoms. The van der Waals surface area contributed by atoms with Gasteiger partial charge in [0.15, 0.2) is 0 Å². The molecular formula is C30H27F9N2O6. The molecule has 0 radical (unpaired) electrons. The molecule has 2 amide bonds. The van der Waals surface area contributed by atoms with Gasteiger partial charge in [0, 0.05) is 12.8 Å². The standard InChI is InChI=1S/C30H27F9N2O6/c31-28(32,33)18-40-26(44)41-27(20-5-3-7-23(15-20)46-29(34,35)36,21-6-4-8-24(16-21)47-30(37,38)39)17-19-10-12-22(13-11-19)45-14-2-1-9-25(42)43/h3-8,10-13,15-16H,1-2,9,14,17-18H2,(H,42,43)(H2,40,41,44). The molecule has 256 valence electrons. The third-order valence-electron chi connectivity index (χ3n) is 6.34. The quantitative estimate of drug-likeness (QED) is 0.120. The number of alkyl halides is 9. The predicted octanol–water partition coefficient (Wildman–Crippen LogP) is 7.47. The monoisotopic (exact) mass is 682 g/mol. The molecule has 3 rings (SSSR count). The van der Waals surface area contributed by atoms with Crippen LogP contribution in [0.4, 0.5) is 44.3 Å². The summed E-state index contributed by atoms with van der Waals surface area (Å²) in [4.78, 5) is 23.6. The summed E-state index contributed by atoms with van der Waals surface area (Å²) in [5, 5.41) is 12.7. The zero-order valence-corrected chi connectivity index (χ0v) is 24.1. The molecule has 0 unspecified atom stereocenters. The molecule has 0 aliphatic carbocycles. The molecular weight excluding hydrogens is 655 g/mol. The van der Waals surface area contributed by atoms with Crippen molar-refractivity contribution in [3.63, 3.8) is 0 Å². The minimum Gasteiger partial charge on any atom is -0.494 e. The van der Waals surface area contributed by atoms with Gasteiger partial charge in [0.25, 0.3) is 0 Å². The van der Waals surface area contributed by atoms with Gasteiger partial charge in [-0.15, -0.1) is 26.3 Å². The molecule has 0 heterocycles. The largest absolute Gasteiger partial charge is 0.573 e. The summed E-state index contributed by atoms with van der Waals surface area (Å²) >= 11 is 0. The number of urea groups is 1. The molecule has 0 fully saturated rings. The number of carbonyl (C=O) groups is 2. The molecule has 3 N–H and O–H groups in total. The van der Waals surface area contributed by atoms with Crippen LogP contribution in [0, 0.1) is 0 Å². The maximum absolute atomic E-state index is 13.1. The maximum Gasteiger partial charge on any atom is 0.573 e. The van der Waals surface area contributed by atoms with Gasteiger partial charge in [-0.1, -0.05) is 36.4 Å². The highest BCUT2D eigenvalue weighted by Crippen LogP contribution is 2.38. The van der Waals surface area contributed by atoms with Crippen molar-refractivity contribution in [2.45, 2.75) is 50.1 Å². The fourth-order valence-electron chi connectivity index (χ4n) is 4.47. The second kappa shape index (κ2) is 15.2. The number of hydrogen-bond donors (Lipinski definition) is 3. The predicted molar refractivity (Wildman–Crippen MR) is 147 cm³/mol. The van der Waals surface area contributed by atoms with E-state index >= 15 is 0 Å². The number of carboxylic acids is 1. The summed E-state index contributed by atoms with van der Waals surface area (Å²) in [5.41, 5.74) is -2.22. The van der Waals surface area contributed by atoms with Gasteiger partial charge in [-0.3, -0.25) is 4.79 Å². The number of benzene rings is 3. The van der Waals surface area contributed by atoms with E-state index in [0.29, 0.717) is 24.2 Å². The Balaban J connectivity index is 2.11. The Bertz CT molecular complexity index is 1430. The van der Waals surface area contributed by atoms with Gasteiger partial charge in [0.05, 0.1) is 12.1 Å². The molecule has 0 aliphatic rings. The van der Waals surface area contributed by atoms with Crippen molar-refractivity contribution in [1.29, 1.82) is 0 Å². The van der Waals surface area contributed by atoms with Gasteiger partial charge in [-0.25, -0.2) is 4.79 Å². The van der Waals surface area contributed by atoms with Crippen LogP contribution in [0.1, 0.15) is 36.0 Å². The van der Waals surface area contributed by atoms with Crippen molar-refractivity contribution in [3.8, 4) is 17.2 Å². The molecule has 0 saturated carbocycles. The number of unbranched alkanes of at least 4 members (excludes halogenated alkanes) is 1. The molecule has 0 aliphatic heterocycles. The maximum atomic E-state index is 13.1. The summed E-state index contributed by atoms with van der Waals surface area (Å²) < 4.78 is 131. The van der Waals surface area contributed by atoms with Crippen LogP contribution in [0.15, 0.2) is 72.8 Å². The zero-order valence-electron chi connectivity index (χ0n) is 24.1. The van der Waals surface area contributed by atoms with Crippen molar-refractivity contribution in [2.24, 2.45) is 0 Å². The molecule has 3 aromatic carbocycles. The summed E-state index contributed by atoms with van der Waals surface area (Å²) in [5.74, 6) is -2.21. The number of carbonyl (C=O) groups excluding carboxylic acids is 1. The molecule has 3 aromatic rings. The van der Waals surface area contributed by atoms with Crippen molar-refractivity contribution in [1.82, 2.24) is 10.6 Å². The van der Waals surface area contributed by atoms with Crippen molar-refractivity contribution in [2.75, 3.05) is 13.2 Å². The first-order chi connectivity index (χ1) is 21.8. The van der Waals surface area contributed by atoms with Crippen LogP contribution in [0.3, 0.4) is 0 Å². The van der Waals surface area contributed by atoms with Crippen molar-refractivity contribution in [3.05, 3.63) is 89.5 Å². The molecule has 0 atom stereocenters. The van der Waals surface area contributed by atoms with Crippen molar-refractivity contribution >= 4 is 12.0 Å². The SMILES string of the molecule is O=C(O)CCCCOc1ccc(CC(NC(=O)NCC(F)(F)F)(c2cccc(OC(F)(F)F)c2)c2cccc(OC(F)(F)F)c2)cc1. The van der Waals surface area contributed by atoms with Crippen LogP contribution < -0.4 is 24.8 Å². The summed E-state index contributed by atoms with van der Waals surface area (Å²) in [7, 11) is 0. The number of amides is 2.